The highest BCUT2D eigenvalue weighted by Crippen LogP contribution is 2.12. The third-order valence-corrected chi connectivity index (χ3v) is 4.74. The molecule has 0 aliphatic heterocycles. The van der Waals surface area contributed by atoms with Gasteiger partial charge in [0.25, 0.3) is 0 Å². The molecule has 0 bridgehead atoms. The summed E-state index contributed by atoms with van der Waals surface area (Å²) >= 11 is 0. The molecule has 0 heterocycles. The summed E-state index contributed by atoms with van der Waals surface area (Å²) in [5.41, 5.74) is 0. The van der Waals surface area contributed by atoms with Crippen molar-refractivity contribution < 1.29 is 19.1 Å². The Morgan fingerprint density at radius 3 is 1.63 bits per heavy atom. The standard InChI is InChI=1S/C23H42O4/c1-4-6-7-8-9-10-11-12-13-14-15-16-17-20-26-22(24)18-19-23(25)27-21(3)5-2/h18-19,21H,4-17,20H2,1-3H3/b19-18+. The molecule has 0 rings (SSSR count). The summed E-state index contributed by atoms with van der Waals surface area (Å²) in [6, 6.07) is 0. The molecule has 0 saturated heterocycles. The molecule has 0 aliphatic rings. The van der Waals surface area contributed by atoms with Gasteiger partial charge in [-0.05, 0) is 19.8 Å². The van der Waals surface area contributed by atoms with Gasteiger partial charge in [-0.15, -0.1) is 0 Å². The van der Waals surface area contributed by atoms with E-state index in [0.717, 1.165) is 31.4 Å². The van der Waals surface area contributed by atoms with E-state index in [-0.39, 0.29) is 6.10 Å². The molecule has 0 fully saturated rings. The minimum atomic E-state index is -0.498. The fraction of sp³-hybridized carbons (Fsp3) is 0.826. The summed E-state index contributed by atoms with van der Waals surface area (Å²) in [4.78, 5) is 22.9. The summed E-state index contributed by atoms with van der Waals surface area (Å²) in [7, 11) is 0. The van der Waals surface area contributed by atoms with Crippen LogP contribution in [0.25, 0.3) is 0 Å². The van der Waals surface area contributed by atoms with Crippen molar-refractivity contribution in [2.45, 2.75) is 117 Å². The zero-order chi connectivity index (χ0) is 20.2. The minimum Gasteiger partial charge on any atom is -0.463 e. The topological polar surface area (TPSA) is 52.6 Å². The van der Waals surface area contributed by atoms with E-state index in [2.05, 4.69) is 6.92 Å². The third-order valence-electron chi connectivity index (χ3n) is 4.74. The van der Waals surface area contributed by atoms with Gasteiger partial charge in [-0.2, -0.15) is 0 Å². The Morgan fingerprint density at radius 1 is 0.704 bits per heavy atom. The average Bonchev–Trinajstić information content (AvgIpc) is 2.66. The van der Waals surface area contributed by atoms with Crippen LogP contribution in [0.15, 0.2) is 12.2 Å². The van der Waals surface area contributed by atoms with Crippen molar-refractivity contribution in [1.29, 1.82) is 0 Å². The number of unbranched alkanes of at least 4 members (excludes halogenated alkanes) is 12. The second-order valence-electron chi connectivity index (χ2n) is 7.40. The summed E-state index contributed by atoms with van der Waals surface area (Å²) in [5.74, 6) is -0.975. The largest absolute Gasteiger partial charge is 0.463 e. The van der Waals surface area contributed by atoms with Crippen LogP contribution < -0.4 is 0 Å². The first kappa shape index (κ1) is 25.7. The SMILES string of the molecule is CCCCCCCCCCCCCCCOC(=O)/C=C/C(=O)OC(C)CC. The minimum absolute atomic E-state index is 0.135. The predicted molar refractivity (Wildman–Crippen MR) is 112 cm³/mol. The highest BCUT2D eigenvalue weighted by Gasteiger charge is 2.05. The lowest BCUT2D eigenvalue weighted by Crippen LogP contribution is -2.12. The van der Waals surface area contributed by atoms with Gasteiger partial charge >= 0.3 is 11.9 Å². The molecular formula is C23H42O4. The number of esters is 2. The van der Waals surface area contributed by atoms with Gasteiger partial charge in [-0.25, -0.2) is 9.59 Å². The van der Waals surface area contributed by atoms with Crippen molar-refractivity contribution in [3.8, 4) is 0 Å². The lowest BCUT2D eigenvalue weighted by molar-refractivity contribution is -0.143. The first-order chi connectivity index (χ1) is 13.1. The normalized spacial score (nSPS) is 12.3. The Kier molecular flexibility index (Phi) is 18.5. The molecule has 0 radical (unpaired) electrons. The van der Waals surface area contributed by atoms with Crippen molar-refractivity contribution >= 4 is 11.9 Å². The van der Waals surface area contributed by atoms with E-state index in [1.807, 2.05) is 13.8 Å². The van der Waals surface area contributed by atoms with Gasteiger partial charge in [0.15, 0.2) is 0 Å². The van der Waals surface area contributed by atoms with Crippen molar-refractivity contribution in [2.75, 3.05) is 6.61 Å². The Balaban J connectivity index is 3.36. The average molecular weight is 383 g/mol. The Labute approximate surface area is 167 Å². The fourth-order valence-corrected chi connectivity index (χ4v) is 2.80. The van der Waals surface area contributed by atoms with Gasteiger partial charge in [0, 0.05) is 12.2 Å². The van der Waals surface area contributed by atoms with Gasteiger partial charge in [0.2, 0.25) is 0 Å². The summed E-state index contributed by atoms with van der Waals surface area (Å²) < 4.78 is 10.1. The van der Waals surface area contributed by atoms with Crippen LogP contribution in [-0.4, -0.2) is 24.6 Å². The molecule has 1 unspecified atom stereocenters. The van der Waals surface area contributed by atoms with Gasteiger partial charge in [-0.3, -0.25) is 0 Å². The van der Waals surface area contributed by atoms with Gasteiger partial charge < -0.3 is 9.47 Å². The van der Waals surface area contributed by atoms with Crippen LogP contribution in [0, 0.1) is 0 Å². The first-order valence-corrected chi connectivity index (χ1v) is 11.2. The van der Waals surface area contributed by atoms with Crippen LogP contribution >= 0.6 is 0 Å². The lowest BCUT2D eigenvalue weighted by Gasteiger charge is -2.07. The molecule has 1 atom stereocenters. The van der Waals surface area contributed by atoms with Gasteiger partial charge in [-0.1, -0.05) is 90.9 Å². The Bertz CT molecular complexity index is 390. The van der Waals surface area contributed by atoms with Crippen LogP contribution in [0.3, 0.4) is 0 Å². The van der Waals surface area contributed by atoms with Crippen LogP contribution in [0.1, 0.15) is 111 Å². The maximum Gasteiger partial charge on any atom is 0.331 e. The molecule has 0 spiro atoms. The lowest BCUT2D eigenvalue weighted by atomic mass is 10.0. The Morgan fingerprint density at radius 2 is 1.15 bits per heavy atom. The summed E-state index contributed by atoms with van der Waals surface area (Å²) in [6.07, 6.45) is 19.7. The molecule has 0 aromatic rings. The van der Waals surface area contributed by atoms with Gasteiger partial charge in [0.1, 0.15) is 0 Å². The molecular weight excluding hydrogens is 340 g/mol. The molecule has 0 amide bonds. The predicted octanol–water partition coefficient (Wildman–Crippen LogP) is 6.52. The zero-order valence-electron chi connectivity index (χ0n) is 18.0. The molecule has 158 valence electrons. The number of hydrogen-bond donors (Lipinski definition) is 0. The molecule has 27 heavy (non-hydrogen) atoms. The van der Waals surface area contributed by atoms with Crippen molar-refractivity contribution in [3.63, 3.8) is 0 Å². The second-order valence-corrected chi connectivity index (χ2v) is 7.40. The summed E-state index contributed by atoms with van der Waals surface area (Å²) in [6.45, 7) is 6.43. The monoisotopic (exact) mass is 382 g/mol. The molecule has 0 aromatic heterocycles. The maximum atomic E-state index is 11.5. The number of carbonyl (C=O) groups is 2. The molecule has 4 heteroatoms. The maximum absolute atomic E-state index is 11.5. The number of hydrogen-bond acceptors (Lipinski definition) is 4. The second kappa shape index (κ2) is 19.4. The van der Waals surface area contributed by atoms with E-state index in [1.165, 1.54) is 70.6 Å². The van der Waals surface area contributed by atoms with E-state index < -0.39 is 11.9 Å². The van der Waals surface area contributed by atoms with Crippen LogP contribution in [0.2, 0.25) is 0 Å². The van der Waals surface area contributed by atoms with Crippen molar-refractivity contribution in [2.24, 2.45) is 0 Å². The highest BCUT2D eigenvalue weighted by atomic mass is 16.5. The molecule has 4 nitrogen and oxygen atoms in total. The number of carbonyl (C=O) groups excluding carboxylic acids is 2. The van der Waals surface area contributed by atoms with E-state index in [0.29, 0.717) is 6.61 Å². The Hall–Kier alpha value is -1.32. The molecule has 0 N–H and O–H groups in total. The number of ether oxygens (including phenoxy) is 2. The molecule has 0 aliphatic carbocycles. The van der Waals surface area contributed by atoms with E-state index in [9.17, 15) is 9.59 Å². The fourth-order valence-electron chi connectivity index (χ4n) is 2.80. The van der Waals surface area contributed by atoms with Crippen molar-refractivity contribution in [3.05, 3.63) is 12.2 Å². The smallest absolute Gasteiger partial charge is 0.331 e. The quantitative estimate of drug-likeness (QED) is 0.154. The van der Waals surface area contributed by atoms with Crippen molar-refractivity contribution in [1.82, 2.24) is 0 Å². The third kappa shape index (κ3) is 19.3. The van der Waals surface area contributed by atoms with E-state index in [4.69, 9.17) is 9.47 Å². The van der Waals surface area contributed by atoms with Gasteiger partial charge in [0.05, 0.1) is 12.7 Å². The zero-order valence-corrected chi connectivity index (χ0v) is 18.0. The molecule has 0 aromatic carbocycles. The van der Waals surface area contributed by atoms with E-state index >= 15 is 0 Å². The molecule has 0 saturated carbocycles. The first-order valence-electron chi connectivity index (χ1n) is 11.2. The highest BCUT2D eigenvalue weighted by molar-refractivity contribution is 5.91. The van der Waals surface area contributed by atoms with Crippen LogP contribution in [0.4, 0.5) is 0 Å². The number of rotatable bonds is 18. The summed E-state index contributed by atoms with van der Waals surface area (Å²) in [5, 5.41) is 0. The van der Waals surface area contributed by atoms with Crippen LogP contribution in [-0.2, 0) is 19.1 Å². The van der Waals surface area contributed by atoms with Crippen LogP contribution in [0.5, 0.6) is 0 Å². The van der Waals surface area contributed by atoms with E-state index in [1.54, 1.807) is 0 Å².